The van der Waals surface area contributed by atoms with Crippen LogP contribution in [0.4, 0.5) is 16.2 Å². The maximum absolute atomic E-state index is 12.0. The monoisotopic (exact) mass is 349 g/mol. The molecule has 0 bridgehead atoms. The first-order valence-electron chi connectivity index (χ1n) is 7.97. The molecule has 6 nitrogen and oxygen atoms in total. The first-order valence-corrected chi connectivity index (χ1v) is 8.34. The number of rotatable bonds is 7. The van der Waals surface area contributed by atoms with Crippen LogP contribution in [0.1, 0.15) is 18.7 Å². The molecule has 7 heteroatoms. The van der Waals surface area contributed by atoms with E-state index in [-0.39, 0.29) is 6.03 Å². The second-order valence-electron chi connectivity index (χ2n) is 5.81. The van der Waals surface area contributed by atoms with Crippen molar-refractivity contribution in [2.75, 3.05) is 30.9 Å². The van der Waals surface area contributed by atoms with E-state index in [9.17, 15) is 4.79 Å². The summed E-state index contributed by atoms with van der Waals surface area (Å²) in [6.45, 7) is 3.52. The van der Waals surface area contributed by atoms with Crippen LogP contribution in [0.25, 0.3) is 0 Å². The fraction of sp³-hybridized carbons (Fsp3) is 0.412. The lowest BCUT2D eigenvalue weighted by molar-refractivity contribution is 0.252. The summed E-state index contributed by atoms with van der Waals surface area (Å²) in [4.78, 5) is 18.2. The average molecular weight is 350 g/mol. The Morgan fingerprint density at radius 3 is 2.79 bits per heavy atom. The number of carbonyl (C=O) groups is 1. The van der Waals surface area contributed by atoms with Crippen molar-refractivity contribution in [2.45, 2.75) is 26.3 Å². The number of nitrogens with zero attached hydrogens (tertiary/aromatic N) is 3. The van der Waals surface area contributed by atoms with Crippen LogP contribution in [0.5, 0.6) is 0 Å². The minimum Gasteiger partial charge on any atom is -0.376 e. The van der Waals surface area contributed by atoms with Gasteiger partial charge in [0, 0.05) is 44.6 Å². The van der Waals surface area contributed by atoms with Crippen LogP contribution in [-0.4, -0.2) is 36.2 Å². The number of urea groups is 1. The zero-order valence-electron chi connectivity index (χ0n) is 14.3. The van der Waals surface area contributed by atoms with Gasteiger partial charge >= 0.3 is 6.03 Å². The molecular weight excluding hydrogens is 326 g/mol. The number of nitrogens with one attached hydrogen (secondary N) is 2. The first-order chi connectivity index (χ1) is 11.5. The highest BCUT2D eigenvalue weighted by molar-refractivity contribution is 6.31. The van der Waals surface area contributed by atoms with Crippen molar-refractivity contribution in [1.29, 1.82) is 0 Å². The average Bonchev–Trinajstić information content (AvgIpc) is 2.92. The number of hydrogen-bond donors (Lipinski definition) is 2. The van der Waals surface area contributed by atoms with E-state index >= 15 is 0 Å². The Labute approximate surface area is 147 Å². The third-order valence-corrected chi connectivity index (χ3v) is 3.96. The minimum atomic E-state index is -0.223. The molecule has 0 saturated heterocycles. The van der Waals surface area contributed by atoms with Crippen LogP contribution in [0, 0.1) is 6.92 Å². The van der Waals surface area contributed by atoms with Gasteiger partial charge in [0.1, 0.15) is 5.82 Å². The molecule has 0 atom stereocenters. The van der Waals surface area contributed by atoms with Crippen molar-refractivity contribution < 1.29 is 4.79 Å². The number of benzene rings is 1. The number of hydrogen-bond acceptors (Lipinski definition) is 3. The Hall–Kier alpha value is -2.21. The standard InChI is InChI=1S/C17H24ClN5O/c1-13-19-9-11-23(13)10-5-4-8-20-17(24)21-15-12-14(18)6-7-16(15)22(2)3/h6-7,9,11-12H,4-5,8,10H2,1-3H3,(H2,20,21,24). The maximum Gasteiger partial charge on any atom is 0.319 e. The Kier molecular flexibility index (Phi) is 6.49. The lowest BCUT2D eigenvalue weighted by atomic mass is 10.2. The Morgan fingerprint density at radius 1 is 1.33 bits per heavy atom. The SMILES string of the molecule is Cc1nccn1CCCCNC(=O)Nc1cc(Cl)ccc1N(C)C. The molecule has 0 aliphatic rings. The molecule has 0 aliphatic carbocycles. The zero-order chi connectivity index (χ0) is 17.5. The Morgan fingerprint density at radius 2 is 2.12 bits per heavy atom. The molecule has 0 spiro atoms. The molecule has 0 unspecified atom stereocenters. The molecule has 24 heavy (non-hydrogen) atoms. The van der Waals surface area contributed by atoms with Crippen molar-refractivity contribution in [1.82, 2.24) is 14.9 Å². The predicted molar refractivity (Wildman–Crippen MR) is 99.0 cm³/mol. The number of unbranched alkanes of at least 4 members (excludes halogenated alkanes) is 1. The lowest BCUT2D eigenvalue weighted by Gasteiger charge is -2.18. The summed E-state index contributed by atoms with van der Waals surface area (Å²) >= 11 is 6.01. The second kappa shape index (κ2) is 8.59. The van der Waals surface area contributed by atoms with Gasteiger partial charge in [-0.2, -0.15) is 0 Å². The minimum absolute atomic E-state index is 0.223. The van der Waals surface area contributed by atoms with E-state index in [0.717, 1.165) is 30.9 Å². The van der Waals surface area contributed by atoms with Crippen LogP contribution < -0.4 is 15.5 Å². The normalized spacial score (nSPS) is 10.5. The molecule has 0 radical (unpaired) electrons. The molecular formula is C17H24ClN5O. The predicted octanol–water partition coefficient (Wildman–Crippen LogP) is 3.51. The van der Waals surface area contributed by atoms with Gasteiger partial charge in [-0.25, -0.2) is 9.78 Å². The molecule has 2 rings (SSSR count). The molecule has 130 valence electrons. The summed E-state index contributed by atoms with van der Waals surface area (Å²) in [6, 6.07) is 5.21. The smallest absolute Gasteiger partial charge is 0.319 e. The van der Waals surface area contributed by atoms with Gasteiger partial charge in [-0.05, 0) is 38.0 Å². The molecule has 2 aromatic rings. The highest BCUT2D eigenvalue weighted by Crippen LogP contribution is 2.27. The summed E-state index contributed by atoms with van der Waals surface area (Å²) in [5.41, 5.74) is 1.60. The van der Waals surface area contributed by atoms with E-state index in [1.165, 1.54) is 0 Å². The topological polar surface area (TPSA) is 62.2 Å². The van der Waals surface area contributed by atoms with Crippen molar-refractivity contribution in [3.63, 3.8) is 0 Å². The summed E-state index contributed by atoms with van der Waals surface area (Å²) in [5, 5.41) is 6.32. The molecule has 1 heterocycles. The number of carbonyl (C=O) groups excluding carboxylic acids is 1. The van der Waals surface area contributed by atoms with Crippen LogP contribution in [0.2, 0.25) is 5.02 Å². The Balaban J connectivity index is 1.75. The van der Waals surface area contributed by atoms with E-state index < -0.39 is 0 Å². The number of amides is 2. The van der Waals surface area contributed by atoms with Gasteiger partial charge < -0.3 is 20.1 Å². The van der Waals surface area contributed by atoms with Crippen LogP contribution >= 0.6 is 11.6 Å². The summed E-state index contributed by atoms with van der Waals surface area (Å²) in [7, 11) is 3.84. The van der Waals surface area contributed by atoms with Gasteiger partial charge in [-0.1, -0.05) is 11.6 Å². The van der Waals surface area contributed by atoms with Crippen molar-refractivity contribution >= 4 is 29.0 Å². The second-order valence-corrected chi connectivity index (χ2v) is 6.25. The van der Waals surface area contributed by atoms with Gasteiger partial charge in [0.15, 0.2) is 0 Å². The first kappa shape index (κ1) is 18.1. The summed E-state index contributed by atoms with van der Waals surface area (Å²) < 4.78 is 2.11. The summed E-state index contributed by atoms with van der Waals surface area (Å²) in [5.74, 6) is 1.01. The molecule has 0 aliphatic heterocycles. The van der Waals surface area contributed by atoms with Gasteiger partial charge in [-0.3, -0.25) is 0 Å². The van der Waals surface area contributed by atoms with Gasteiger partial charge in [0.2, 0.25) is 0 Å². The number of anilines is 2. The molecule has 1 aromatic heterocycles. The van der Waals surface area contributed by atoms with Crippen molar-refractivity contribution in [2.24, 2.45) is 0 Å². The van der Waals surface area contributed by atoms with E-state index in [4.69, 9.17) is 11.6 Å². The van der Waals surface area contributed by atoms with Crippen molar-refractivity contribution in [3.8, 4) is 0 Å². The quantitative estimate of drug-likeness (QED) is 0.752. The third-order valence-electron chi connectivity index (χ3n) is 3.72. The van der Waals surface area contributed by atoms with Crippen LogP contribution in [0.15, 0.2) is 30.6 Å². The van der Waals surface area contributed by atoms with Gasteiger partial charge in [0.05, 0.1) is 11.4 Å². The van der Waals surface area contributed by atoms with Crippen LogP contribution in [0.3, 0.4) is 0 Å². The van der Waals surface area contributed by atoms with E-state index in [1.54, 1.807) is 18.3 Å². The molecule has 2 N–H and O–H groups in total. The zero-order valence-corrected chi connectivity index (χ0v) is 15.1. The van der Waals surface area contributed by atoms with Crippen molar-refractivity contribution in [3.05, 3.63) is 41.4 Å². The van der Waals surface area contributed by atoms with E-state index in [2.05, 4.69) is 20.2 Å². The van der Waals surface area contributed by atoms with Gasteiger partial charge in [-0.15, -0.1) is 0 Å². The fourth-order valence-corrected chi connectivity index (χ4v) is 2.59. The van der Waals surface area contributed by atoms with Gasteiger partial charge in [0.25, 0.3) is 0 Å². The highest BCUT2D eigenvalue weighted by Gasteiger charge is 2.08. The largest absolute Gasteiger partial charge is 0.376 e. The van der Waals surface area contributed by atoms with Crippen LogP contribution in [-0.2, 0) is 6.54 Å². The molecule has 1 aromatic carbocycles. The Bertz CT molecular complexity index is 683. The summed E-state index contributed by atoms with van der Waals surface area (Å²) in [6.07, 6.45) is 5.66. The molecule has 0 saturated carbocycles. The van der Waals surface area contributed by atoms with E-state index in [0.29, 0.717) is 17.3 Å². The highest BCUT2D eigenvalue weighted by atomic mass is 35.5. The third kappa shape index (κ3) is 5.16. The van der Waals surface area contributed by atoms with E-state index in [1.807, 2.05) is 38.2 Å². The number of aromatic nitrogens is 2. The number of imidazole rings is 1. The maximum atomic E-state index is 12.0. The molecule has 2 amide bonds. The lowest BCUT2D eigenvalue weighted by Crippen LogP contribution is -2.30. The number of aryl methyl sites for hydroxylation is 2. The number of halogens is 1. The fourth-order valence-electron chi connectivity index (χ4n) is 2.41. The molecule has 0 fully saturated rings.